The van der Waals surface area contributed by atoms with Crippen LogP contribution < -0.4 is 10.6 Å². The van der Waals surface area contributed by atoms with Crippen LogP contribution in [0.5, 0.6) is 0 Å². The lowest BCUT2D eigenvalue weighted by Crippen LogP contribution is -2.49. The molecule has 11 nitrogen and oxygen atoms in total. The van der Waals surface area contributed by atoms with Gasteiger partial charge in [-0.25, -0.2) is 8.42 Å². The first-order valence-electron chi connectivity index (χ1n) is 12.2. The molecule has 0 atom stereocenters. The highest BCUT2D eigenvalue weighted by atomic mass is 32.2. The summed E-state index contributed by atoms with van der Waals surface area (Å²) in [5.41, 5.74) is 3.69. The molecule has 198 valence electrons. The van der Waals surface area contributed by atoms with Gasteiger partial charge in [-0.2, -0.15) is 9.40 Å². The molecule has 1 aliphatic heterocycles. The number of nitrogens with one attached hydrogen (secondary N) is 2. The number of piperazine rings is 1. The fourth-order valence-corrected chi connectivity index (χ4v) is 5.05. The highest BCUT2D eigenvalue weighted by Gasteiger charge is 2.28. The summed E-state index contributed by atoms with van der Waals surface area (Å²) in [5.74, 6) is -0.564. The Bertz CT molecular complexity index is 1340. The largest absolute Gasteiger partial charge is 0.347 e. The number of hydrogen-bond acceptors (Lipinski definition) is 6. The molecular formula is C25H32N6O5S. The van der Waals surface area contributed by atoms with E-state index in [0.717, 1.165) is 35.9 Å². The molecule has 2 heterocycles. The summed E-state index contributed by atoms with van der Waals surface area (Å²) in [7, 11) is -1.52. The average Bonchev–Trinajstić information content (AvgIpc) is 3.64. The second kappa shape index (κ2) is 10.9. The molecule has 0 spiro atoms. The molecule has 0 radical (unpaired) electrons. The van der Waals surface area contributed by atoms with Gasteiger partial charge in [0.25, 0.3) is 5.91 Å². The number of aryl methyl sites for hydroxylation is 1. The Morgan fingerprint density at radius 3 is 2.46 bits per heavy atom. The third kappa shape index (κ3) is 6.63. The lowest BCUT2D eigenvalue weighted by Gasteiger charge is -2.32. The van der Waals surface area contributed by atoms with Crippen LogP contribution in [0.4, 0.5) is 5.69 Å². The molecule has 37 heavy (non-hydrogen) atoms. The second-order valence-electron chi connectivity index (χ2n) is 9.43. The first kappa shape index (κ1) is 26.6. The number of carbonyl (C=O) groups excluding carboxylic acids is 3. The fourth-order valence-electron chi connectivity index (χ4n) is 4.22. The maximum Gasteiger partial charge on any atom is 0.269 e. The van der Waals surface area contributed by atoms with E-state index in [9.17, 15) is 22.8 Å². The third-order valence-corrected chi connectivity index (χ3v) is 7.97. The molecule has 2 aliphatic rings. The summed E-state index contributed by atoms with van der Waals surface area (Å²) in [6.45, 7) is 3.14. The maximum atomic E-state index is 12.7. The van der Waals surface area contributed by atoms with E-state index in [1.165, 1.54) is 21.4 Å². The van der Waals surface area contributed by atoms with Crippen molar-refractivity contribution in [2.24, 2.45) is 7.05 Å². The van der Waals surface area contributed by atoms with Gasteiger partial charge in [0.05, 0.1) is 11.9 Å². The predicted octanol–water partition coefficient (Wildman–Crippen LogP) is 1.13. The van der Waals surface area contributed by atoms with Crippen LogP contribution in [0.1, 0.15) is 46.1 Å². The summed E-state index contributed by atoms with van der Waals surface area (Å²) in [6.07, 6.45) is 5.72. The summed E-state index contributed by atoms with van der Waals surface area (Å²) in [6, 6.07) is 7.26. The van der Waals surface area contributed by atoms with Gasteiger partial charge in [-0.3, -0.25) is 19.1 Å². The summed E-state index contributed by atoms with van der Waals surface area (Å²) in [4.78, 5) is 39.1. The van der Waals surface area contributed by atoms with Crippen LogP contribution in [-0.4, -0.2) is 77.6 Å². The van der Waals surface area contributed by atoms with Gasteiger partial charge in [-0.15, -0.1) is 0 Å². The van der Waals surface area contributed by atoms with Gasteiger partial charge in [-0.1, -0.05) is 12.1 Å². The van der Waals surface area contributed by atoms with Crippen molar-refractivity contribution in [3.05, 3.63) is 58.9 Å². The summed E-state index contributed by atoms with van der Waals surface area (Å²) in [5, 5.41) is 10.1. The van der Waals surface area contributed by atoms with Gasteiger partial charge in [0.1, 0.15) is 5.69 Å². The molecule has 1 saturated carbocycles. The normalized spacial score (nSPS) is 16.7. The topological polar surface area (TPSA) is 134 Å². The van der Waals surface area contributed by atoms with Crippen molar-refractivity contribution >= 4 is 33.4 Å². The van der Waals surface area contributed by atoms with Crippen LogP contribution in [0.2, 0.25) is 0 Å². The lowest BCUT2D eigenvalue weighted by atomic mass is 10.1. The van der Waals surface area contributed by atoms with E-state index < -0.39 is 15.9 Å². The second-order valence-corrected chi connectivity index (χ2v) is 11.4. The zero-order valence-electron chi connectivity index (χ0n) is 21.2. The first-order chi connectivity index (χ1) is 17.5. The molecule has 0 bridgehead atoms. The average molecular weight is 529 g/mol. The first-order valence-corrected chi connectivity index (χ1v) is 14.0. The molecule has 0 unspecified atom stereocenters. The SMILES string of the molecule is Cc1c(CNC(=O)c2cc(C3CC3)nn2C)cccc1NC(=O)/C=C/C(=O)N1CCN(S(C)(=O)=O)CC1. The van der Waals surface area contributed by atoms with Crippen LogP contribution >= 0.6 is 0 Å². The van der Waals surface area contributed by atoms with Crippen molar-refractivity contribution in [2.75, 3.05) is 37.8 Å². The lowest BCUT2D eigenvalue weighted by molar-refractivity contribution is -0.127. The Balaban J connectivity index is 1.30. The summed E-state index contributed by atoms with van der Waals surface area (Å²) < 4.78 is 26.2. The smallest absolute Gasteiger partial charge is 0.269 e. The molecule has 1 saturated heterocycles. The number of sulfonamides is 1. The van der Waals surface area contributed by atoms with Crippen molar-refractivity contribution in [3.8, 4) is 0 Å². The number of aromatic nitrogens is 2. The van der Waals surface area contributed by atoms with Gasteiger partial charge in [0.15, 0.2) is 0 Å². The van der Waals surface area contributed by atoms with Crippen LogP contribution in [0.15, 0.2) is 36.4 Å². The minimum Gasteiger partial charge on any atom is -0.347 e. The number of anilines is 1. The molecule has 2 fully saturated rings. The van der Waals surface area contributed by atoms with E-state index in [1.54, 1.807) is 23.9 Å². The number of amides is 3. The van der Waals surface area contributed by atoms with Crippen molar-refractivity contribution in [2.45, 2.75) is 32.2 Å². The quantitative estimate of drug-likeness (QED) is 0.494. The number of benzene rings is 1. The third-order valence-electron chi connectivity index (χ3n) is 6.67. The van der Waals surface area contributed by atoms with Crippen LogP contribution in [0.3, 0.4) is 0 Å². The fraction of sp³-hybridized carbons (Fsp3) is 0.440. The molecule has 2 aromatic rings. The number of hydrogen-bond donors (Lipinski definition) is 2. The van der Waals surface area contributed by atoms with E-state index in [0.29, 0.717) is 17.3 Å². The molecule has 1 aliphatic carbocycles. The summed E-state index contributed by atoms with van der Waals surface area (Å²) >= 11 is 0. The van der Waals surface area contributed by atoms with Gasteiger partial charge >= 0.3 is 0 Å². The van der Waals surface area contributed by atoms with E-state index in [2.05, 4.69) is 15.7 Å². The van der Waals surface area contributed by atoms with E-state index in [1.807, 2.05) is 19.1 Å². The van der Waals surface area contributed by atoms with E-state index in [4.69, 9.17) is 0 Å². The Labute approximate surface area is 216 Å². The zero-order chi connectivity index (χ0) is 26.7. The van der Waals surface area contributed by atoms with Crippen molar-refractivity contribution in [3.63, 3.8) is 0 Å². The maximum absolute atomic E-state index is 12.7. The molecule has 12 heteroatoms. The van der Waals surface area contributed by atoms with Gasteiger partial charge in [0.2, 0.25) is 21.8 Å². The Kier molecular flexibility index (Phi) is 7.79. The Hall–Kier alpha value is -3.51. The van der Waals surface area contributed by atoms with Gasteiger partial charge < -0.3 is 15.5 Å². The number of nitrogens with zero attached hydrogens (tertiary/aromatic N) is 4. The van der Waals surface area contributed by atoms with E-state index >= 15 is 0 Å². The minimum atomic E-state index is -3.28. The molecule has 1 aromatic carbocycles. The highest BCUT2D eigenvalue weighted by molar-refractivity contribution is 7.88. The van der Waals surface area contributed by atoms with Crippen molar-refractivity contribution < 1.29 is 22.8 Å². The number of rotatable bonds is 8. The minimum absolute atomic E-state index is 0.213. The molecule has 2 N–H and O–H groups in total. The highest BCUT2D eigenvalue weighted by Crippen LogP contribution is 2.39. The van der Waals surface area contributed by atoms with Crippen molar-refractivity contribution in [1.82, 2.24) is 24.3 Å². The molecular weight excluding hydrogens is 496 g/mol. The van der Waals surface area contributed by atoms with Crippen LogP contribution in [0, 0.1) is 6.92 Å². The van der Waals surface area contributed by atoms with Gasteiger partial charge in [-0.05, 0) is 43.0 Å². The zero-order valence-corrected chi connectivity index (χ0v) is 22.0. The monoisotopic (exact) mass is 528 g/mol. The van der Waals surface area contributed by atoms with Gasteiger partial charge in [0, 0.05) is 63.5 Å². The van der Waals surface area contributed by atoms with Crippen molar-refractivity contribution in [1.29, 1.82) is 0 Å². The molecule has 3 amide bonds. The van der Waals surface area contributed by atoms with E-state index in [-0.39, 0.29) is 44.5 Å². The molecule has 4 rings (SSSR count). The van der Waals surface area contributed by atoms with Crippen LogP contribution in [-0.2, 0) is 33.2 Å². The Morgan fingerprint density at radius 1 is 1.11 bits per heavy atom. The standard InChI is InChI=1S/C25H32N6O5S/c1-17-19(16-26-25(34)22-15-21(18-7-8-18)28-29(22)2)5-4-6-20(17)27-23(32)9-10-24(33)30-11-13-31(14-12-30)37(3,35)36/h4-6,9-10,15,18H,7-8,11-14,16H2,1-3H3,(H,26,34)(H,27,32)/b10-9+. The predicted molar refractivity (Wildman–Crippen MR) is 138 cm³/mol. The number of carbonyl (C=O) groups is 3. The van der Waals surface area contributed by atoms with Crippen LogP contribution in [0.25, 0.3) is 0 Å². The molecule has 1 aromatic heterocycles. The Morgan fingerprint density at radius 2 is 1.81 bits per heavy atom.